The van der Waals surface area contributed by atoms with E-state index in [1.807, 2.05) is 14.1 Å². The van der Waals surface area contributed by atoms with Crippen LogP contribution in [0, 0.1) is 5.82 Å². The summed E-state index contributed by atoms with van der Waals surface area (Å²) in [6, 6.07) is 6.05. The second-order valence-electron chi connectivity index (χ2n) is 7.10. The molecule has 0 fully saturated rings. The number of rotatable bonds is 8. The predicted octanol–water partition coefficient (Wildman–Crippen LogP) is 2.55. The number of nitrogens with one attached hydrogen (secondary N) is 1. The maximum Gasteiger partial charge on any atom is 0.348 e. The lowest BCUT2D eigenvalue weighted by Gasteiger charge is -2.15. The Hall–Kier alpha value is -2.19. The lowest BCUT2D eigenvalue weighted by atomic mass is 10.2. The number of para-hydroxylation sites is 1. The standard InChI is InChI=1S/C20H25FN4O2S/c1-24(2)11-6-12-25-17-10-5-7-14(17)19(23-20(25)27)28-13-18(26)22-16-9-4-3-8-15(16)21/h3-4,8-9H,5-7,10-13H2,1-2H3,(H,22,26). The van der Waals surface area contributed by atoms with E-state index in [4.69, 9.17) is 0 Å². The third kappa shape index (κ3) is 4.99. The van der Waals surface area contributed by atoms with E-state index in [2.05, 4.69) is 15.2 Å². The molecule has 1 aromatic heterocycles. The molecular weight excluding hydrogens is 379 g/mol. The van der Waals surface area contributed by atoms with Gasteiger partial charge in [0.1, 0.15) is 10.8 Å². The number of halogens is 1. The van der Waals surface area contributed by atoms with Crippen molar-refractivity contribution in [3.05, 3.63) is 51.8 Å². The molecule has 28 heavy (non-hydrogen) atoms. The van der Waals surface area contributed by atoms with Crippen LogP contribution in [-0.4, -0.2) is 46.8 Å². The second-order valence-corrected chi connectivity index (χ2v) is 8.07. The molecule has 6 nitrogen and oxygen atoms in total. The molecule has 1 heterocycles. The molecule has 1 aliphatic carbocycles. The van der Waals surface area contributed by atoms with Gasteiger partial charge >= 0.3 is 5.69 Å². The molecule has 150 valence electrons. The van der Waals surface area contributed by atoms with E-state index in [9.17, 15) is 14.0 Å². The molecule has 0 unspecified atom stereocenters. The third-order valence-electron chi connectivity index (χ3n) is 4.68. The van der Waals surface area contributed by atoms with Crippen LogP contribution in [0.1, 0.15) is 24.1 Å². The van der Waals surface area contributed by atoms with E-state index in [1.165, 1.54) is 23.9 Å². The highest BCUT2D eigenvalue weighted by Gasteiger charge is 2.22. The number of carbonyl (C=O) groups is 1. The highest BCUT2D eigenvalue weighted by Crippen LogP contribution is 2.29. The second kappa shape index (κ2) is 9.34. The SMILES string of the molecule is CN(C)CCCn1c2c(c(SCC(=O)Nc3ccccc3F)nc1=O)CCC2. The Morgan fingerprint density at radius 3 is 2.86 bits per heavy atom. The van der Waals surface area contributed by atoms with Crippen LogP contribution in [-0.2, 0) is 24.2 Å². The van der Waals surface area contributed by atoms with Crippen molar-refractivity contribution < 1.29 is 9.18 Å². The molecule has 2 aromatic rings. The summed E-state index contributed by atoms with van der Waals surface area (Å²) in [5.41, 5.74) is 2.03. The molecule has 0 radical (unpaired) electrons. The number of nitrogens with zero attached hydrogens (tertiary/aromatic N) is 3. The number of fused-ring (bicyclic) bond motifs is 1. The van der Waals surface area contributed by atoms with Gasteiger partial charge in [0.2, 0.25) is 5.91 Å². The summed E-state index contributed by atoms with van der Waals surface area (Å²) in [5.74, 6) is -0.711. The molecule has 0 aliphatic heterocycles. The van der Waals surface area contributed by atoms with Gasteiger partial charge in [0.15, 0.2) is 0 Å². The summed E-state index contributed by atoms with van der Waals surface area (Å²) < 4.78 is 15.4. The van der Waals surface area contributed by atoms with Crippen LogP contribution in [0.25, 0.3) is 0 Å². The van der Waals surface area contributed by atoms with Crippen molar-refractivity contribution >= 4 is 23.4 Å². The first kappa shape index (κ1) is 20.5. The summed E-state index contributed by atoms with van der Waals surface area (Å²) in [6.45, 7) is 1.57. The molecule has 1 aromatic carbocycles. The largest absolute Gasteiger partial charge is 0.348 e. The van der Waals surface area contributed by atoms with Crippen molar-refractivity contribution in [1.29, 1.82) is 0 Å². The van der Waals surface area contributed by atoms with Crippen molar-refractivity contribution in [3.8, 4) is 0 Å². The average molecular weight is 405 g/mol. The smallest absolute Gasteiger partial charge is 0.323 e. The van der Waals surface area contributed by atoms with Crippen molar-refractivity contribution in [2.45, 2.75) is 37.3 Å². The molecule has 0 atom stereocenters. The van der Waals surface area contributed by atoms with Crippen LogP contribution in [0.5, 0.6) is 0 Å². The normalized spacial score (nSPS) is 13.0. The number of anilines is 1. The highest BCUT2D eigenvalue weighted by atomic mass is 32.2. The Morgan fingerprint density at radius 1 is 1.32 bits per heavy atom. The van der Waals surface area contributed by atoms with Gasteiger partial charge in [0, 0.05) is 17.8 Å². The Kier molecular flexibility index (Phi) is 6.85. The quantitative estimate of drug-likeness (QED) is 0.541. The number of amides is 1. The van der Waals surface area contributed by atoms with Gasteiger partial charge in [-0.3, -0.25) is 9.36 Å². The summed E-state index contributed by atoms with van der Waals surface area (Å²) in [4.78, 5) is 31.0. The fourth-order valence-electron chi connectivity index (χ4n) is 3.36. The zero-order valence-corrected chi connectivity index (χ0v) is 17.0. The average Bonchev–Trinajstić information content (AvgIpc) is 3.13. The van der Waals surface area contributed by atoms with E-state index < -0.39 is 5.82 Å². The molecule has 1 N–H and O–H groups in total. The van der Waals surface area contributed by atoms with Crippen molar-refractivity contribution in [3.63, 3.8) is 0 Å². The van der Waals surface area contributed by atoms with E-state index in [-0.39, 0.29) is 23.0 Å². The monoisotopic (exact) mass is 404 g/mol. The topological polar surface area (TPSA) is 67.2 Å². The fourth-order valence-corrected chi connectivity index (χ4v) is 4.24. The molecule has 0 saturated carbocycles. The van der Waals surface area contributed by atoms with Gasteiger partial charge in [-0.1, -0.05) is 23.9 Å². The Labute approximate surface area is 168 Å². The van der Waals surface area contributed by atoms with Gasteiger partial charge < -0.3 is 10.2 Å². The first-order valence-electron chi connectivity index (χ1n) is 9.40. The Bertz CT molecular complexity index is 914. The maximum atomic E-state index is 13.7. The minimum absolute atomic E-state index is 0.0812. The van der Waals surface area contributed by atoms with E-state index in [1.54, 1.807) is 16.7 Å². The summed E-state index contributed by atoms with van der Waals surface area (Å²) in [7, 11) is 4.02. The van der Waals surface area contributed by atoms with Crippen molar-refractivity contribution in [1.82, 2.24) is 14.5 Å². The number of hydrogen-bond donors (Lipinski definition) is 1. The molecule has 0 bridgehead atoms. The van der Waals surface area contributed by atoms with Crippen LogP contribution in [0.3, 0.4) is 0 Å². The van der Waals surface area contributed by atoms with Gasteiger partial charge in [-0.05, 0) is 58.5 Å². The Morgan fingerprint density at radius 2 is 2.11 bits per heavy atom. The van der Waals surface area contributed by atoms with Crippen LogP contribution in [0.2, 0.25) is 0 Å². The van der Waals surface area contributed by atoms with Gasteiger partial charge in [0.05, 0.1) is 11.4 Å². The minimum atomic E-state index is -0.472. The lowest BCUT2D eigenvalue weighted by Crippen LogP contribution is -2.29. The molecule has 0 saturated heterocycles. The van der Waals surface area contributed by atoms with Crippen molar-refractivity contribution in [2.24, 2.45) is 0 Å². The first-order chi connectivity index (χ1) is 13.5. The zero-order valence-electron chi connectivity index (χ0n) is 16.2. The number of aromatic nitrogens is 2. The highest BCUT2D eigenvalue weighted by molar-refractivity contribution is 8.00. The van der Waals surface area contributed by atoms with Gasteiger partial charge in [-0.15, -0.1) is 0 Å². The minimum Gasteiger partial charge on any atom is -0.323 e. The lowest BCUT2D eigenvalue weighted by molar-refractivity contribution is -0.113. The van der Waals surface area contributed by atoms with Gasteiger partial charge in [-0.2, -0.15) is 4.98 Å². The van der Waals surface area contributed by atoms with E-state index in [0.29, 0.717) is 11.6 Å². The third-order valence-corrected chi connectivity index (χ3v) is 5.69. The molecule has 1 amide bonds. The summed E-state index contributed by atoms with van der Waals surface area (Å²) in [6.07, 6.45) is 3.61. The number of carbonyl (C=O) groups excluding carboxylic acids is 1. The fraction of sp³-hybridized carbons (Fsp3) is 0.450. The van der Waals surface area contributed by atoms with Crippen LogP contribution >= 0.6 is 11.8 Å². The van der Waals surface area contributed by atoms with Crippen LogP contribution in [0.15, 0.2) is 34.1 Å². The molecular formula is C20H25FN4O2S. The van der Waals surface area contributed by atoms with Gasteiger partial charge in [0.25, 0.3) is 0 Å². The molecule has 1 aliphatic rings. The van der Waals surface area contributed by atoms with Crippen LogP contribution in [0.4, 0.5) is 10.1 Å². The Balaban J connectivity index is 1.68. The predicted molar refractivity (Wildman–Crippen MR) is 109 cm³/mol. The molecule has 0 spiro atoms. The van der Waals surface area contributed by atoms with Crippen molar-refractivity contribution in [2.75, 3.05) is 31.7 Å². The molecule has 8 heteroatoms. The van der Waals surface area contributed by atoms with Crippen LogP contribution < -0.4 is 11.0 Å². The number of hydrogen-bond acceptors (Lipinski definition) is 5. The number of thioether (sulfide) groups is 1. The summed E-state index contributed by atoms with van der Waals surface area (Å²) >= 11 is 1.24. The molecule has 3 rings (SSSR count). The first-order valence-corrected chi connectivity index (χ1v) is 10.4. The maximum absolute atomic E-state index is 13.7. The van der Waals surface area contributed by atoms with E-state index >= 15 is 0 Å². The number of benzene rings is 1. The summed E-state index contributed by atoms with van der Waals surface area (Å²) in [5, 5.41) is 3.19. The zero-order chi connectivity index (χ0) is 20.1. The van der Waals surface area contributed by atoms with Gasteiger partial charge in [-0.25, -0.2) is 9.18 Å². The van der Waals surface area contributed by atoms with E-state index in [0.717, 1.165) is 43.5 Å².